The molecule has 2 nitrogen and oxygen atoms in total. The Morgan fingerprint density at radius 3 is 3.00 bits per heavy atom. The standard InChI is InChI=1S/C9H12O2/c10-9(8-6-11-8)7-4-2-1-3-5-7/h1-2,4,8-10H,3,5-6H2. The largest absolute Gasteiger partial charge is 0.386 e. The number of ether oxygens (including phenoxy) is 1. The minimum absolute atomic E-state index is 0.0905. The van der Waals surface area contributed by atoms with E-state index in [1.54, 1.807) is 0 Å². The van der Waals surface area contributed by atoms with Crippen LogP contribution in [0, 0.1) is 0 Å². The Kier molecular flexibility index (Phi) is 1.80. The van der Waals surface area contributed by atoms with Crippen molar-refractivity contribution in [1.29, 1.82) is 0 Å². The number of rotatable bonds is 2. The van der Waals surface area contributed by atoms with E-state index in [1.807, 2.05) is 12.2 Å². The molecule has 1 fully saturated rings. The third kappa shape index (κ3) is 1.52. The quantitative estimate of drug-likeness (QED) is 0.599. The van der Waals surface area contributed by atoms with E-state index in [0.29, 0.717) is 0 Å². The molecule has 2 rings (SSSR count). The van der Waals surface area contributed by atoms with Gasteiger partial charge in [-0.25, -0.2) is 0 Å². The monoisotopic (exact) mass is 152 g/mol. The summed E-state index contributed by atoms with van der Waals surface area (Å²) in [5, 5.41) is 9.59. The Morgan fingerprint density at radius 2 is 2.45 bits per heavy atom. The summed E-state index contributed by atoms with van der Waals surface area (Å²) < 4.78 is 5.01. The van der Waals surface area contributed by atoms with Crippen molar-refractivity contribution in [3.05, 3.63) is 23.8 Å². The van der Waals surface area contributed by atoms with E-state index >= 15 is 0 Å². The van der Waals surface area contributed by atoms with Gasteiger partial charge in [0.1, 0.15) is 12.2 Å². The van der Waals surface area contributed by atoms with Gasteiger partial charge in [-0.1, -0.05) is 18.2 Å². The first-order valence-electron chi connectivity index (χ1n) is 4.03. The molecule has 0 radical (unpaired) electrons. The smallest absolute Gasteiger partial charge is 0.111 e. The molecule has 0 aromatic carbocycles. The molecule has 60 valence electrons. The lowest BCUT2D eigenvalue weighted by Gasteiger charge is -2.13. The molecule has 2 heteroatoms. The lowest BCUT2D eigenvalue weighted by molar-refractivity contribution is 0.163. The van der Waals surface area contributed by atoms with Crippen LogP contribution >= 0.6 is 0 Å². The maximum atomic E-state index is 9.59. The van der Waals surface area contributed by atoms with Gasteiger partial charge >= 0.3 is 0 Å². The van der Waals surface area contributed by atoms with E-state index in [4.69, 9.17) is 4.74 Å². The van der Waals surface area contributed by atoms with Gasteiger partial charge in [0.25, 0.3) is 0 Å². The van der Waals surface area contributed by atoms with Crippen molar-refractivity contribution in [1.82, 2.24) is 0 Å². The molecule has 0 aromatic rings. The first-order valence-corrected chi connectivity index (χ1v) is 4.03. The highest BCUT2D eigenvalue weighted by molar-refractivity contribution is 5.22. The highest BCUT2D eigenvalue weighted by Gasteiger charge is 2.33. The molecule has 1 saturated heterocycles. The van der Waals surface area contributed by atoms with Crippen LogP contribution in [0.4, 0.5) is 0 Å². The highest BCUT2D eigenvalue weighted by atomic mass is 16.6. The first kappa shape index (κ1) is 7.07. The summed E-state index contributed by atoms with van der Waals surface area (Å²) in [6, 6.07) is 0. The van der Waals surface area contributed by atoms with Gasteiger partial charge in [0.15, 0.2) is 0 Å². The van der Waals surface area contributed by atoms with Gasteiger partial charge in [0, 0.05) is 0 Å². The molecule has 2 atom stereocenters. The number of hydrogen-bond acceptors (Lipinski definition) is 2. The SMILES string of the molecule is OC(C1=CC=CCC1)C1CO1. The number of epoxide rings is 1. The zero-order valence-corrected chi connectivity index (χ0v) is 6.36. The summed E-state index contributed by atoms with van der Waals surface area (Å²) in [6.45, 7) is 0.724. The molecule has 0 bridgehead atoms. The minimum atomic E-state index is -0.347. The fraction of sp³-hybridized carbons (Fsp3) is 0.556. The Labute approximate surface area is 66.2 Å². The van der Waals surface area contributed by atoms with Crippen molar-refractivity contribution in [2.45, 2.75) is 25.0 Å². The van der Waals surface area contributed by atoms with Gasteiger partial charge in [0.05, 0.1) is 6.61 Å². The predicted octanol–water partition coefficient (Wildman–Crippen LogP) is 1.02. The highest BCUT2D eigenvalue weighted by Crippen LogP contribution is 2.24. The van der Waals surface area contributed by atoms with Crippen LogP contribution in [0.25, 0.3) is 0 Å². The topological polar surface area (TPSA) is 32.8 Å². The molecule has 2 unspecified atom stereocenters. The zero-order chi connectivity index (χ0) is 7.68. The average Bonchev–Trinajstić information content (AvgIpc) is 2.87. The second kappa shape index (κ2) is 2.80. The Hall–Kier alpha value is -0.600. The minimum Gasteiger partial charge on any atom is -0.386 e. The maximum absolute atomic E-state index is 9.59. The molecule has 1 N–H and O–H groups in total. The van der Waals surface area contributed by atoms with Gasteiger partial charge in [-0.15, -0.1) is 0 Å². The molecule has 0 spiro atoms. The Bertz CT molecular complexity index is 202. The van der Waals surface area contributed by atoms with E-state index in [2.05, 4.69) is 6.08 Å². The predicted molar refractivity (Wildman–Crippen MR) is 42.2 cm³/mol. The van der Waals surface area contributed by atoms with Crippen molar-refractivity contribution in [3.8, 4) is 0 Å². The molecule has 2 aliphatic rings. The molecule has 1 aliphatic heterocycles. The molecule has 0 saturated carbocycles. The van der Waals surface area contributed by atoms with Crippen LogP contribution in [0.1, 0.15) is 12.8 Å². The van der Waals surface area contributed by atoms with Crippen LogP contribution in [0.5, 0.6) is 0 Å². The second-order valence-electron chi connectivity index (χ2n) is 3.03. The molecule has 1 heterocycles. The van der Waals surface area contributed by atoms with Gasteiger partial charge in [-0.3, -0.25) is 0 Å². The van der Waals surface area contributed by atoms with E-state index in [1.165, 1.54) is 0 Å². The van der Waals surface area contributed by atoms with Crippen molar-refractivity contribution in [2.24, 2.45) is 0 Å². The number of aliphatic hydroxyl groups excluding tert-OH is 1. The van der Waals surface area contributed by atoms with Crippen molar-refractivity contribution >= 4 is 0 Å². The molecule has 11 heavy (non-hydrogen) atoms. The second-order valence-corrected chi connectivity index (χ2v) is 3.03. The van der Waals surface area contributed by atoms with Crippen LogP contribution in [0.3, 0.4) is 0 Å². The molecular formula is C9H12O2. The number of allylic oxidation sites excluding steroid dienone is 3. The van der Waals surface area contributed by atoms with Crippen LogP contribution in [0.2, 0.25) is 0 Å². The number of aliphatic hydroxyl groups is 1. The van der Waals surface area contributed by atoms with Crippen LogP contribution < -0.4 is 0 Å². The third-order valence-electron chi connectivity index (χ3n) is 2.14. The molecule has 0 amide bonds. The van der Waals surface area contributed by atoms with Crippen LogP contribution in [-0.2, 0) is 4.74 Å². The maximum Gasteiger partial charge on any atom is 0.111 e. The van der Waals surface area contributed by atoms with Crippen LogP contribution in [-0.4, -0.2) is 23.9 Å². The first-order chi connectivity index (χ1) is 5.38. The van der Waals surface area contributed by atoms with E-state index in [0.717, 1.165) is 25.0 Å². The van der Waals surface area contributed by atoms with E-state index < -0.39 is 0 Å². The average molecular weight is 152 g/mol. The summed E-state index contributed by atoms with van der Waals surface area (Å²) in [6.07, 6.45) is 7.89. The summed E-state index contributed by atoms with van der Waals surface area (Å²) >= 11 is 0. The van der Waals surface area contributed by atoms with Gasteiger partial charge < -0.3 is 9.84 Å². The number of hydrogen-bond donors (Lipinski definition) is 1. The third-order valence-corrected chi connectivity index (χ3v) is 2.14. The Morgan fingerprint density at radius 1 is 1.64 bits per heavy atom. The molecule has 1 aliphatic carbocycles. The van der Waals surface area contributed by atoms with Crippen molar-refractivity contribution < 1.29 is 9.84 Å². The van der Waals surface area contributed by atoms with Crippen LogP contribution in [0.15, 0.2) is 23.8 Å². The van der Waals surface area contributed by atoms with E-state index in [9.17, 15) is 5.11 Å². The summed E-state index contributed by atoms with van der Waals surface area (Å²) in [7, 11) is 0. The summed E-state index contributed by atoms with van der Waals surface area (Å²) in [5.41, 5.74) is 1.12. The van der Waals surface area contributed by atoms with Gasteiger partial charge in [-0.05, 0) is 18.4 Å². The fourth-order valence-corrected chi connectivity index (χ4v) is 1.34. The molecular weight excluding hydrogens is 140 g/mol. The fourth-order valence-electron chi connectivity index (χ4n) is 1.34. The van der Waals surface area contributed by atoms with Crippen molar-refractivity contribution in [2.75, 3.05) is 6.61 Å². The lowest BCUT2D eigenvalue weighted by Crippen LogP contribution is -2.18. The molecule has 0 aromatic heterocycles. The Balaban J connectivity index is 2.01. The normalized spacial score (nSPS) is 31.4. The zero-order valence-electron chi connectivity index (χ0n) is 6.36. The lowest BCUT2D eigenvalue weighted by atomic mass is 9.98. The summed E-state index contributed by atoms with van der Waals surface area (Å²) in [5.74, 6) is 0. The van der Waals surface area contributed by atoms with Gasteiger partial charge in [0.2, 0.25) is 0 Å². The van der Waals surface area contributed by atoms with Crippen molar-refractivity contribution in [3.63, 3.8) is 0 Å². The van der Waals surface area contributed by atoms with E-state index in [-0.39, 0.29) is 12.2 Å². The van der Waals surface area contributed by atoms with Gasteiger partial charge in [-0.2, -0.15) is 0 Å². The summed E-state index contributed by atoms with van der Waals surface area (Å²) in [4.78, 5) is 0.